The molecule has 0 aromatic heterocycles. The highest BCUT2D eigenvalue weighted by Gasteiger charge is 2.24. The number of hydrogen-bond donors (Lipinski definition) is 0. The SMILES string of the molecule is CCOC(=O)C(=CN1CCOCc2cc(Br)ccc21)C(=O)OCC. The number of ether oxygens (including phenoxy) is 3. The van der Waals surface area contributed by atoms with E-state index in [1.807, 2.05) is 23.1 Å². The average molecular weight is 398 g/mol. The molecule has 0 saturated carbocycles. The summed E-state index contributed by atoms with van der Waals surface area (Å²) in [4.78, 5) is 26.1. The van der Waals surface area contributed by atoms with Gasteiger partial charge in [0, 0.05) is 28.5 Å². The smallest absolute Gasteiger partial charge is 0.347 e. The molecule has 130 valence electrons. The van der Waals surface area contributed by atoms with Crippen LogP contribution in [0.15, 0.2) is 34.4 Å². The summed E-state index contributed by atoms with van der Waals surface area (Å²) in [6.45, 7) is 5.19. The molecule has 1 aliphatic rings. The molecule has 0 aliphatic carbocycles. The van der Waals surface area contributed by atoms with E-state index in [2.05, 4.69) is 15.9 Å². The van der Waals surface area contributed by atoms with E-state index < -0.39 is 11.9 Å². The largest absolute Gasteiger partial charge is 0.462 e. The molecular weight excluding hydrogens is 378 g/mol. The van der Waals surface area contributed by atoms with Crippen LogP contribution in [0.4, 0.5) is 5.69 Å². The lowest BCUT2D eigenvalue weighted by atomic mass is 10.1. The van der Waals surface area contributed by atoms with Crippen molar-refractivity contribution in [3.8, 4) is 0 Å². The van der Waals surface area contributed by atoms with Gasteiger partial charge in [-0.15, -0.1) is 0 Å². The Morgan fingerprint density at radius 3 is 2.54 bits per heavy atom. The first-order valence-corrected chi connectivity index (χ1v) is 8.55. The van der Waals surface area contributed by atoms with Crippen LogP contribution < -0.4 is 4.90 Å². The van der Waals surface area contributed by atoms with Gasteiger partial charge in [-0.2, -0.15) is 0 Å². The van der Waals surface area contributed by atoms with Gasteiger partial charge in [0.2, 0.25) is 0 Å². The van der Waals surface area contributed by atoms with E-state index in [1.54, 1.807) is 13.8 Å². The third-order valence-corrected chi connectivity index (χ3v) is 3.85. The first-order chi connectivity index (χ1) is 11.6. The van der Waals surface area contributed by atoms with Crippen molar-refractivity contribution in [2.75, 3.05) is 31.3 Å². The second-order valence-corrected chi connectivity index (χ2v) is 5.92. The van der Waals surface area contributed by atoms with Gasteiger partial charge >= 0.3 is 11.9 Å². The van der Waals surface area contributed by atoms with Gasteiger partial charge in [0.05, 0.1) is 26.4 Å². The molecule has 0 bridgehead atoms. The van der Waals surface area contributed by atoms with Crippen molar-refractivity contribution in [3.63, 3.8) is 0 Å². The Morgan fingerprint density at radius 1 is 1.25 bits per heavy atom. The van der Waals surface area contributed by atoms with Gasteiger partial charge in [0.15, 0.2) is 5.57 Å². The minimum atomic E-state index is -0.695. The number of halogens is 1. The molecule has 6 nitrogen and oxygen atoms in total. The van der Waals surface area contributed by atoms with Crippen molar-refractivity contribution >= 4 is 33.6 Å². The van der Waals surface area contributed by atoms with Crippen LogP contribution in [0.2, 0.25) is 0 Å². The number of carbonyl (C=O) groups excluding carboxylic acids is 2. The van der Waals surface area contributed by atoms with Crippen LogP contribution in [-0.2, 0) is 30.4 Å². The Kier molecular flexibility index (Phi) is 6.81. The van der Waals surface area contributed by atoms with Gasteiger partial charge in [-0.05, 0) is 32.0 Å². The predicted octanol–water partition coefficient (Wildman–Crippen LogP) is 2.80. The number of esters is 2. The lowest BCUT2D eigenvalue weighted by Crippen LogP contribution is -2.26. The lowest BCUT2D eigenvalue weighted by molar-refractivity contribution is -0.146. The highest BCUT2D eigenvalue weighted by Crippen LogP contribution is 2.28. The zero-order valence-electron chi connectivity index (χ0n) is 13.7. The van der Waals surface area contributed by atoms with Crippen molar-refractivity contribution in [2.24, 2.45) is 0 Å². The molecule has 0 saturated heterocycles. The molecule has 0 fully saturated rings. The van der Waals surface area contributed by atoms with Gasteiger partial charge in [0.1, 0.15) is 0 Å². The topological polar surface area (TPSA) is 65.1 Å². The molecule has 24 heavy (non-hydrogen) atoms. The average Bonchev–Trinajstić information content (AvgIpc) is 2.74. The van der Waals surface area contributed by atoms with E-state index in [-0.39, 0.29) is 18.8 Å². The minimum absolute atomic E-state index is 0.130. The Labute approximate surface area is 149 Å². The van der Waals surface area contributed by atoms with Crippen LogP contribution in [0.25, 0.3) is 0 Å². The van der Waals surface area contributed by atoms with E-state index in [0.29, 0.717) is 19.8 Å². The quantitative estimate of drug-likeness (QED) is 0.329. The number of benzene rings is 1. The zero-order valence-corrected chi connectivity index (χ0v) is 15.3. The van der Waals surface area contributed by atoms with Crippen LogP contribution in [0.3, 0.4) is 0 Å². The maximum Gasteiger partial charge on any atom is 0.347 e. The Bertz CT molecular complexity index is 624. The fourth-order valence-corrected chi connectivity index (χ4v) is 2.72. The van der Waals surface area contributed by atoms with Crippen molar-refractivity contribution in [3.05, 3.63) is 40.0 Å². The molecule has 0 N–H and O–H groups in total. The number of hydrogen-bond acceptors (Lipinski definition) is 6. The summed E-state index contributed by atoms with van der Waals surface area (Å²) in [5, 5.41) is 0. The van der Waals surface area contributed by atoms with Crippen molar-refractivity contribution in [2.45, 2.75) is 20.5 Å². The number of anilines is 1. The van der Waals surface area contributed by atoms with Crippen LogP contribution in [0.5, 0.6) is 0 Å². The first-order valence-electron chi connectivity index (χ1n) is 7.75. The third kappa shape index (κ3) is 4.58. The molecule has 1 heterocycles. The molecule has 0 spiro atoms. The number of rotatable bonds is 5. The van der Waals surface area contributed by atoms with Crippen LogP contribution in [0.1, 0.15) is 19.4 Å². The van der Waals surface area contributed by atoms with Gasteiger partial charge in [-0.25, -0.2) is 9.59 Å². The van der Waals surface area contributed by atoms with Crippen LogP contribution in [-0.4, -0.2) is 38.3 Å². The standard InChI is InChI=1S/C17H20BrNO5/c1-3-23-16(20)14(17(21)24-4-2)10-19-7-8-22-11-12-9-13(18)5-6-15(12)19/h5-6,9-10H,3-4,7-8,11H2,1-2H3. The zero-order chi connectivity index (χ0) is 17.5. The summed E-state index contributed by atoms with van der Waals surface area (Å²) in [5.41, 5.74) is 1.71. The Balaban J connectivity index is 2.40. The fourth-order valence-electron chi connectivity index (χ4n) is 2.31. The first kappa shape index (κ1) is 18.5. The second kappa shape index (κ2) is 8.84. The van der Waals surface area contributed by atoms with E-state index in [9.17, 15) is 9.59 Å². The van der Waals surface area contributed by atoms with Gasteiger partial charge in [0.25, 0.3) is 0 Å². The summed E-state index contributed by atoms with van der Waals surface area (Å²) in [6, 6.07) is 5.77. The number of fused-ring (bicyclic) bond motifs is 1. The van der Waals surface area contributed by atoms with Crippen molar-refractivity contribution < 1.29 is 23.8 Å². The second-order valence-electron chi connectivity index (χ2n) is 5.00. The summed E-state index contributed by atoms with van der Waals surface area (Å²) < 4.78 is 16.5. The minimum Gasteiger partial charge on any atom is -0.462 e. The lowest BCUT2D eigenvalue weighted by Gasteiger charge is -2.21. The highest BCUT2D eigenvalue weighted by atomic mass is 79.9. The van der Waals surface area contributed by atoms with Crippen molar-refractivity contribution in [1.82, 2.24) is 0 Å². The van der Waals surface area contributed by atoms with Crippen molar-refractivity contribution in [1.29, 1.82) is 0 Å². The van der Waals surface area contributed by atoms with E-state index in [0.717, 1.165) is 15.7 Å². The molecule has 0 amide bonds. The van der Waals surface area contributed by atoms with Gasteiger partial charge < -0.3 is 19.1 Å². The van der Waals surface area contributed by atoms with Crippen LogP contribution in [0, 0.1) is 0 Å². The van der Waals surface area contributed by atoms with E-state index >= 15 is 0 Å². The van der Waals surface area contributed by atoms with Gasteiger partial charge in [-0.3, -0.25) is 0 Å². The van der Waals surface area contributed by atoms with Crippen LogP contribution >= 0.6 is 15.9 Å². The Morgan fingerprint density at radius 2 is 1.92 bits per heavy atom. The molecule has 1 aromatic carbocycles. The molecular formula is C17H20BrNO5. The number of nitrogens with zero attached hydrogens (tertiary/aromatic N) is 1. The predicted molar refractivity (Wildman–Crippen MR) is 92.5 cm³/mol. The summed E-state index contributed by atoms with van der Waals surface area (Å²) in [6.07, 6.45) is 1.48. The summed E-state index contributed by atoms with van der Waals surface area (Å²) in [5.74, 6) is -1.39. The summed E-state index contributed by atoms with van der Waals surface area (Å²) >= 11 is 3.44. The molecule has 0 radical (unpaired) electrons. The normalized spacial score (nSPS) is 13.5. The maximum atomic E-state index is 12.1. The molecule has 7 heteroatoms. The highest BCUT2D eigenvalue weighted by molar-refractivity contribution is 9.10. The fraction of sp³-hybridized carbons (Fsp3) is 0.412. The molecule has 0 unspecified atom stereocenters. The van der Waals surface area contributed by atoms with E-state index in [1.165, 1.54) is 6.20 Å². The third-order valence-electron chi connectivity index (χ3n) is 3.36. The maximum absolute atomic E-state index is 12.1. The number of carbonyl (C=O) groups is 2. The monoisotopic (exact) mass is 397 g/mol. The Hall–Kier alpha value is -1.86. The van der Waals surface area contributed by atoms with E-state index in [4.69, 9.17) is 14.2 Å². The molecule has 0 atom stereocenters. The molecule has 2 rings (SSSR count). The van der Waals surface area contributed by atoms with Gasteiger partial charge in [-0.1, -0.05) is 15.9 Å². The molecule has 1 aromatic rings. The molecule has 1 aliphatic heterocycles. The summed E-state index contributed by atoms with van der Waals surface area (Å²) in [7, 11) is 0.